The molecule has 1 fully saturated rings. The molecule has 35 heavy (non-hydrogen) atoms. The quantitative estimate of drug-likeness (QED) is 0.275. The molecule has 0 aromatic heterocycles. The molecule has 1 aliphatic heterocycles. The number of halogens is 1. The molecule has 0 radical (unpaired) electrons. The van der Waals surface area contributed by atoms with Gasteiger partial charge in [-0.15, -0.1) is 0 Å². The van der Waals surface area contributed by atoms with E-state index in [0.29, 0.717) is 29.1 Å². The fourth-order valence-corrected chi connectivity index (χ4v) is 7.72. The van der Waals surface area contributed by atoms with Crippen LogP contribution in [0.3, 0.4) is 0 Å². The molecular formula is C25H28ClNO6S2. The van der Waals surface area contributed by atoms with Crippen LogP contribution >= 0.6 is 22.4 Å². The van der Waals surface area contributed by atoms with Gasteiger partial charge in [0.2, 0.25) is 8.87 Å². The Balaban J connectivity index is 1.93. The number of rotatable bonds is 8. The smallest absolute Gasteiger partial charge is 0.330 e. The maximum absolute atomic E-state index is 13.1. The van der Waals surface area contributed by atoms with E-state index in [1.54, 1.807) is 55.5 Å². The fraction of sp³-hybridized carbons (Fsp3) is 0.360. The van der Waals surface area contributed by atoms with Crippen LogP contribution in [0.4, 0.5) is 0 Å². The molecule has 2 unspecified atom stereocenters. The maximum Gasteiger partial charge on any atom is 0.330 e. The van der Waals surface area contributed by atoms with Crippen LogP contribution in [0.15, 0.2) is 65.1 Å². The SMILES string of the molecule is CCOC(=O)/C=C1\CN(C(C(=O)OC)c2ccccc2Cl)CCC1SS(=O)(=O)c1ccc(C)cc1. The summed E-state index contributed by atoms with van der Waals surface area (Å²) in [6.07, 6.45) is 1.72. The van der Waals surface area contributed by atoms with Crippen LogP contribution < -0.4 is 0 Å². The molecule has 0 saturated carbocycles. The van der Waals surface area contributed by atoms with E-state index in [2.05, 4.69) is 0 Å². The van der Waals surface area contributed by atoms with Gasteiger partial charge in [0.15, 0.2) is 0 Å². The molecule has 2 aromatic rings. The molecule has 1 saturated heterocycles. The molecule has 2 atom stereocenters. The number of benzene rings is 2. The lowest BCUT2D eigenvalue weighted by Crippen LogP contribution is -2.43. The van der Waals surface area contributed by atoms with E-state index < -0.39 is 32.1 Å². The van der Waals surface area contributed by atoms with Crippen molar-refractivity contribution in [1.29, 1.82) is 0 Å². The molecule has 10 heteroatoms. The molecule has 0 spiro atoms. The third-order valence-corrected chi connectivity index (χ3v) is 9.86. The molecule has 7 nitrogen and oxygen atoms in total. The minimum absolute atomic E-state index is 0.172. The summed E-state index contributed by atoms with van der Waals surface area (Å²) in [4.78, 5) is 27.2. The first-order chi connectivity index (χ1) is 16.7. The van der Waals surface area contributed by atoms with Crippen molar-refractivity contribution in [2.24, 2.45) is 0 Å². The highest BCUT2D eigenvalue weighted by atomic mass is 35.5. The Morgan fingerprint density at radius 2 is 1.89 bits per heavy atom. The first kappa shape index (κ1) is 27.3. The highest BCUT2D eigenvalue weighted by Gasteiger charge is 2.37. The van der Waals surface area contributed by atoms with Crippen LogP contribution in [0.2, 0.25) is 5.02 Å². The Labute approximate surface area is 214 Å². The number of aryl methyl sites for hydroxylation is 1. The normalized spacial score (nSPS) is 18.7. The van der Waals surface area contributed by atoms with Gasteiger partial charge < -0.3 is 9.47 Å². The Hall–Kier alpha value is -2.33. The number of esters is 2. The zero-order valence-electron chi connectivity index (χ0n) is 19.8. The lowest BCUT2D eigenvalue weighted by molar-refractivity contribution is -0.147. The number of ether oxygens (including phenoxy) is 2. The Morgan fingerprint density at radius 1 is 1.20 bits per heavy atom. The lowest BCUT2D eigenvalue weighted by atomic mass is 9.98. The Bertz CT molecular complexity index is 1200. The third kappa shape index (κ3) is 6.88. The van der Waals surface area contributed by atoms with Crippen molar-refractivity contribution in [3.8, 4) is 0 Å². The van der Waals surface area contributed by atoms with E-state index in [1.807, 2.05) is 11.8 Å². The summed E-state index contributed by atoms with van der Waals surface area (Å²) in [6.45, 7) is 4.34. The van der Waals surface area contributed by atoms with Crippen LogP contribution in [0.5, 0.6) is 0 Å². The van der Waals surface area contributed by atoms with Gasteiger partial charge in [0.05, 0.1) is 18.6 Å². The zero-order valence-corrected chi connectivity index (χ0v) is 22.2. The first-order valence-electron chi connectivity index (χ1n) is 11.1. The summed E-state index contributed by atoms with van der Waals surface area (Å²) in [5, 5.41) is -0.0798. The predicted octanol–water partition coefficient (Wildman–Crippen LogP) is 4.55. The second-order valence-corrected chi connectivity index (χ2v) is 12.5. The number of methoxy groups -OCH3 is 1. The van der Waals surface area contributed by atoms with Crippen molar-refractivity contribution in [1.82, 2.24) is 4.90 Å². The van der Waals surface area contributed by atoms with Crippen molar-refractivity contribution in [2.45, 2.75) is 36.5 Å². The summed E-state index contributed by atoms with van der Waals surface area (Å²) < 4.78 is 36.4. The van der Waals surface area contributed by atoms with E-state index >= 15 is 0 Å². The summed E-state index contributed by atoms with van der Waals surface area (Å²) in [6, 6.07) is 12.8. The molecule has 1 aliphatic rings. The van der Waals surface area contributed by atoms with E-state index in [4.69, 9.17) is 21.1 Å². The minimum atomic E-state index is -3.68. The van der Waals surface area contributed by atoms with Gasteiger partial charge in [-0.05, 0) is 60.4 Å². The third-order valence-electron chi connectivity index (χ3n) is 5.61. The first-order valence-corrected chi connectivity index (χ1v) is 14.4. The van der Waals surface area contributed by atoms with Crippen molar-refractivity contribution >= 4 is 43.2 Å². The van der Waals surface area contributed by atoms with Crippen molar-refractivity contribution in [3.63, 3.8) is 0 Å². The van der Waals surface area contributed by atoms with Gasteiger partial charge in [0, 0.05) is 29.4 Å². The second-order valence-electron chi connectivity index (χ2n) is 8.03. The molecule has 1 heterocycles. The largest absolute Gasteiger partial charge is 0.468 e. The van der Waals surface area contributed by atoms with Crippen LogP contribution in [-0.2, 0) is 27.9 Å². The van der Waals surface area contributed by atoms with Gasteiger partial charge in [-0.25, -0.2) is 18.0 Å². The molecule has 0 amide bonds. The number of carbonyl (C=O) groups excluding carboxylic acids is 2. The van der Waals surface area contributed by atoms with Crippen molar-refractivity contribution in [3.05, 3.63) is 76.3 Å². The molecule has 188 valence electrons. The topological polar surface area (TPSA) is 90.0 Å². The summed E-state index contributed by atoms with van der Waals surface area (Å²) in [5.41, 5.74) is 2.09. The number of hydrogen-bond acceptors (Lipinski definition) is 8. The van der Waals surface area contributed by atoms with Gasteiger partial charge in [-0.2, -0.15) is 0 Å². The van der Waals surface area contributed by atoms with Crippen LogP contribution in [0.25, 0.3) is 0 Å². The Morgan fingerprint density at radius 3 is 2.51 bits per heavy atom. The number of nitrogens with zero attached hydrogens (tertiary/aromatic N) is 1. The van der Waals surface area contributed by atoms with Crippen molar-refractivity contribution < 1.29 is 27.5 Å². The highest BCUT2D eigenvalue weighted by molar-refractivity contribution is 8.72. The van der Waals surface area contributed by atoms with Gasteiger partial charge in [0.25, 0.3) is 0 Å². The monoisotopic (exact) mass is 537 g/mol. The molecule has 0 bridgehead atoms. The minimum Gasteiger partial charge on any atom is -0.468 e. The number of hydrogen-bond donors (Lipinski definition) is 0. The van der Waals surface area contributed by atoms with E-state index in [-0.39, 0.29) is 18.0 Å². The molecule has 2 aromatic carbocycles. The summed E-state index contributed by atoms with van der Waals surface area (Å²) in [7, 11) is -1.57. The molecule has 3 rings (SSSR count). The average molecular weight is 538 g/mol. The molecule has 0 aliphatic carbocycles. The van der Waals surface area contributed by atoms with Gasteiger partial charge >= 0.3 is 11.9 Å². The van der Waals surface area contributed by atoms with E-state index in [9.17, 15) is 18.0 Å². The van der Waals surface area contributed by atoms with Crippen LogP contribution in [0, 0.1) is 6.92 Å². The van der Waals surface area contributed by atoms with E-state index in [1.165, 1.54) is 13.2 Å². The number of likely N-dealkylation sites (tertiary alicyclic amines) is 1. The zero-order chi connectivity index (χ0) is 25.6. The van der Waals surface area contributed by atoms with Gasteiger partial charge in [0.1, 0.15) is 6.04 Å². The lowest BCUT2D eigenvalue weighted by Gasteiger charge is -2.37. The summed E-state index contributed by atoms with van der Waals surface area (Å²) in [5.74, 6) is -1.05. The molecular weight excluding hydrogens is 510 g/mol. The highest BCUT2D eigenvalue weighted by Crippen LogP contribution is 2.39. The second kappa shape index (κ2) is 12.1. The maximum atomic E-state index is 13.1. The fourth-order valence-electron chi connectivity index (χ4n) is 3.88. The molecule has 0 N–H and O–H groups in total. The average Bonchev–Trinajstić information content (AvgIpc) is 2.82. The Kier molecular flexibility index (Phi) is 9.40. The van der Waals surface area contributed by atoms with Gasteiger partial charge in [-0.3, -0.25) is 4.90 Å². The van der Waals surface area contributed by atoms with Crippen LogP contribution in [0.1, 0.15) is 30.5 Å². The van der Waals surface area contributed by atoms with Crippen LogP contribution in [-0.4, -0.2) is 57.3 Å². The summed E-state index contributed by atoms with van der Waals surface area (Å²) >= 11 is 6.39. The standard InChI is InChI=1S/C25H28ClNO6S2/c1-4-33-23(28)15-18-16-27(24(25(29)32-3)20-7-5-6-8-21(20)26)14-13-22(18)34-35(30,31)19-11-9-17(2)10-12-19/h5-12,15,22,24H,4,13-14,16H2,1-3H3/b18-15+. The van der Waals surface area contributed by atoms with Gasteiger partial charge in [-0.1, -0.05) is 47.5 Å². The number of piperidine rings is 1. The van der Waals surface area contributed by atoms with E-state index in [0.717, 1.165) is 16.4 Å². The number of carbonyl (C=O) groups is 2. The predicted molar refractivity (Wildman–Crippen MR) is 137 cm³/mol. The van der Waals surface area contributed by atoms with Crippen molar-refractivity contribution in [2.75, 3.05) is 26.8 Å².